The Morgan fingerprint density at radius 3 is 2.58 bits per heavy atom. The smallest absolute Gasteiger partial charge is 0.412 e. The van der Waals surface area contributed by atoms with Gasteiger partial charge in [-0.15, -0.1) is 0 Å². The summed E-state index contributed by atoms with van der Waals surface area (Å²) in [5, 5.41) is 5.62. The molecule has 2 amide bonds. The van der Waals surface area contributed by atoms with E-state index in [9.17, 15) is 9.59 Å². The first-order valence-electron chi connectivity index (χ1n) is 9.34. The molecule has 0 aromatic heterocycles. The molecule has 1 aliphatic rings. The Morgan fingerprint density at radius 1 is 1.15 bits per heavy atom. The summed E-state index contributed by atoms with van der Waals surface area (Å²) in [4.78, 5) is 23.9. The molecule has 0 spiro atoms. The third-order valence-electron chi connectivity index (χ3n) is 4.13. The minimum atomic E-state index is -0.547. The van der Waals surface area contributed by atoms with Crippen molar-refractivity contribution in [2.45, 2.75) is 58.5 Å². The van der Waals surface area contributed by atoms with Crippen LogP contribution in [0.25, 0.3) is 0 Å². The molecule has 0 saturated heterocycles. The largest absolute Gasteiger partial charge is 0.492 e. The van der Waals surface area contributed by atoms with E-state index >= 15 is 0 Å². The van der Waals surface area contributed by atoms with E-state index in [2.05, 4.69) is 10.6 Å². The Bertz CT molecular complexity index is 604. The van der Waals surface area contributed by atoms with E-state index in [1.54, 1.807) is 18.2 Å². The molecule has 2 N–H and O–H groups in total. The van der Waals surface area contributed by atoms with Gasteiger partial charge in [-0.2, -0.15) is 0 Å². The Morgan fingerprint density at radius 2 is 1.88 bits per heavy atom. The summed E-state index contributed by atoms with van der Waals surface area (Å²) in [6, 6.07) is 7.10. The van der Waals surface area contributed by atoms with Crippen LogP contribution in [0.2, 0.25) is 0 Å². The van der Waals surface area contributed by atoms with Crippen molar-refractivity contribution in [3.8, 4) is 5.75 Å². The second-order valence-electron chi connectivity index (χ2n) is 7.63. The van der Waals surface area contributed by atoms with Gasteiger partial charge in [0.05, 0.1) is 6.54 Å². The summed E-state index contributed by atoms with van der Waals surface area (Å²) in [5.74, 6) is 0.921. The van der Waals surface area contributed by atoms with E-state index in [4.69, 9.17) is 9.47 Å². The van der Waals surface area contributed by atoms with Gasteiger partial charge in [-0.25, -0.2) is 4.79 Å². The highest BCUT2D eigenvalue weighted by atomic mass is 16.6. The fraction of sp³-hybridized carbons (Fsp3) is 0.600. The maximum Gasteiger partial charge on any atom is 0.412 e. The number of carbonyl (C=O) groups excluding carboxylic acids is 2. The summed E-state index contributed by atoms with van der Waals surface area (Å²) in [5.41, 5.74) is 0.0531. The highest BCUT2D eigenvalue weighted by Crippen LogP contribution is 2.23. The Balaban J connectivity index is 1.72. The summed E-state index contributed by atoms with van der Waals surface area (Å²) in [7, 11) is 0. The predicted octanol–water partition coefficient (Wildman–Crippen LogP) is 4.11. The van der Waals surface area contributed by atoms with Gasteiger partial charge in [0, 0.05) is 17.7 Å². The molecule has 1 aromatic carbocycles. The van der Waals surface area contributed by atoms with Crippen molar-refractivity contribution in [1.82, 2.24) is 5.32 Å². The van der Waals surface area contributed by atoms with E-state index < -0.39 is 11.7 Å². The van der Waals surface area contributed by atoms with Gasteiger partial charge in [0.2, 0.25) is 5.91 Å². The molecule has 6 heteroatoms. The molecule has 1 aliphatic carbocycles. The lowest BCUT2D eigenvalue weighted by atomic mass is 9.89. The zero-order chi connectivity index (χ0) is 19.0. The molecule has 1 saturated carbocycles. The first-order chi connectivity index (χ1) is 12.3. The Kier molecular flexibility index (Phi) is 7.30. The molecule has 0 aliphatic heterocycles. The van der Waals surface area contributed by atoms with Crippen LogP contribution in [-0.4, -0.2) is 30.8 Å². The summed E-state index contributed by atoms with van der Waals surface area (Å²) in [6.07, 6.45) is 5.00. The van der Waals surface area contributed by atoms with Crippen LogP contribution in [-0.2, 0) is 9.53 Å². The third-order valence-corrected chi connectivity index (χ3v) is 4.13. The molecule has 0 heterocycles. The van der Waals surface area contributed by atoms with E-state index in [0.717, 1.165) is 25.7 Å². The molecule has 0 radical (unpaired) electrons. The summed E-state index contributed by atoms with van der Waals surface area (Å²) in [6.45, 7) is 6.29. The van der Waals surface area contributed by atoms with Gasteiger partial charge in [0.25, 0.3) is 0 Å². The highest BCUT2D eigenvalue weighted by Gasteiger charge is 2.20. The van der Waals surface area contributed by atoms with Crippen molar-refractivity contribution < 1.29 is 19.1 Å². The first-order valence-corrected chi connectivity index (χ1v) is 9.34. The van der Waals surface area contributed by atoms with Crippen molar-refractivity contribution in [3.05, 3.63) is 24.3 Å². The molecule has 1 fully saturated rings. The predicted molar refractivity (Wildman–Crippen MR) is 101 cm³/mol. The molecule has 144 valence electrons. The van der Waals surface area contributed by atoms with Crippen molar-refractivity contribution in [2.75, 3.05) is 18.5 Å². The van der Waals surface area contributed by atoms with Crippen LogP contribution in [0.15, 0.2) is 24.3 Å². The van der Waals surface area contributed by atoms with E-state index in [1.807, 2.05) is 26.8 Å². The minimum absolute atomic E-state index is 0.133. The van der Waals surface area contributed by atoms with Gasteiger partial charge in [-0.1, -0.05) is 25.3 Å². The van der Waals surface area contributed by atoms with Gasteiger partial charge in [0.15, 0.2) is 0 Å². The fourth-order valence-corrected chi connectivity index (χ4v) is 2.94. The van der Waals surface area contributed by atoms with Gasteiger partial charge >= 0.3 is 6.09 Å². The van der Waals surface area contributed by atoms with E-state index in [-0.39, 0.29) is 11.8 Å². The summed E-state index contributed by atoms with van der Waals surface area (Å²) >= 11 is 0. The second-order valence-corrected chi connectivity index (χ2v) is 7.63. The molecule has 1 aromatic rings. The molecule has 2 rings (SSSR count). The number of hydrogen-bond acceptors (Lipinski definition) is 4. The molecule has 0 bridgehead atoms. The topological polar surface area (TPSA) is 76.7 Å². The lowest BCUT2D eigenvalue weighted by Gasteiger charge is -2.20. The Labute approximate surface area is 155 Å². The number of ether oxygens (including phenoxy) is 2. The van der Waals surface area contributed by atoms with Gasteiger partial charge in [0.1, 0.15) is 18.0 Å². The number of nitrogens with one attached hydrogen (secondary N) is 2. The van der Waals surface area contributed by atoms with Crippen molar-refractivity contribution >= 4 is 17.7 Å². The first kappa shape index (κ1) is 20.1. The number of rotatable bonds is 6. The monoisotopic (exact) mass is 362 g/mol. The van der Waals surface area contributed by atoms with Crippen LogP contribution in [0, 0.1) is 5.92 Å². The molecule has 0 atom stereocenters. The number of amides is 2. The van der Waals surface area contributed by atoms with Gasteiger partial charge in [-0.05, 0) is 45.7 Å². The van der Waals surface area contributed by atoms with Crippen LogP contribution in [0.3, 0.4) is 0 Å². The van der Waals surface area contributed by atoms with Crippen LogP contribution in [0.5, 0.6) is 5.75 Å². The normalized spacial score (nSPS) is 15.2. The van der Waals surface area contributed by atoms with Crippen molar-refractivity contribution in [2.24, 2.45) is 5.92 Å². The quantitative estimate of drug-likeness (QED) is 0.747. The second kappa shape index (κ2) is 9.46. The Hall–Kier alpha value is -2.24. The van der Waals surface area contributed by atoms with E-state index in [0.29, 0.717) is 24.6 Å². The lowest BCUT2D eigenvalue weighted by Crippen LogP contribution is -2.34. The van der Waals surface area contributed by atoms with Crippen LogP contribution < -0.4 is 15.4 Å². The molecular formula is C20H30N2O4. The summed E-state index contributed by atoms with van der Waals surface area (Å²) < 4.78 is 10.9. The fourth-order valence-electron chi connectivity index (χ4n) is 2.94. The van der Waals surface area contributed by atoms with E-state index in [1.165, 1.54) is 6.42 Å². The minimum Gasteiger partial charge on any atom is -0.492 e. The standard InChI is InChI=1S/C20H30N2O4/c1-20(2,3)26-19(24)22-16-10-7-11-17(14-16)25-13-12-21-18(23)15-8-5-4-6-9-15/h7,10-11,14-15H,4-6,8-9,12-13H2,1-3H3,(H,21,23)(H,22,24). The molecule has 0 unspecified atom stereocenters. The number of anilines is 1. The lowest BCUT2D eigenvalue weighted by molar-refractivity contribution is -0.126. The van der Waals surface area contributed by atoms with Crippen LogP contribution in [0.1, 0.15) is 52.9 Å². The highest BCUT2D eigenvalue weighted by molar-refractivity contribution is 5.85. The number of carbonyl (C=O) groups is 2. The van der Waals surface area contributed by atoms with Gasteiger partial charge in [-0.3, -0.25) is 10.1 Å². The maximum atomic E-state index is 12.1. The average molecular weight is 362 g/mol. The zero-order valence-electron chi connectivity index (χ0n) is 16.0. The maximum absolute atomic E-state index is 12.1. The zero-order valence-corrected chi connectivity index (χ0v) is 16.0. The number of benzene rings is 1. The van der Waals surface area contributed by atoms with Gasteiger partial charge < -0.3 is 14.8 Å². The molecular weight excluding hydrogens is 332 g/mol. The van der Waals surface area contributed by atoms with Crippen LogP contribution in [0.4, 0.5) is 10.5 Å². The van der Waals surface area contributed by atoms with Crippen molar-refractivity contribution in [1.29, 1.82) is 0 Å². The SMILES string of the molecule is CC(C)(C)OC(=O)Nc1cccc(OCCNC(=O)C2CCCCC2)c1. The van der Waals surface area contributed by atoms with Crippen LogP contribution >= 0.6 is 0 Å². The third kappa shape index (κ3) is 7.33. The molecule has 26 heavy (non-hydrogen) atoms. The number of hydrogen-bond donors (Lipinski definition) is 2. The van der Waals surface area contributed by atoms with Crippen molar-refractivity contribution in [3.63, 3.8) is 0 Å². The average Bonchev–Trinajstić information content (AvgIpc) is 2.58. The molecule has 6 nitrogen and oxygen atoms in total.